The zero-order valence-corrected chi connectivity index (χ0v) is 17.8. The molecule has 11 nitrogen and oxygen atoms in total. The van der Waals surface area contributed by atoms with Crippen LogP contribution in [-0.4, -0.2) is 95.5 Å². The highest BCUT2D eigenvalue weighted by Gasteiger charge is 2.48. The summed E-state index contributed by atoms with van der Waals surface area (Å²) in [6.07, 6.45) is -6.61. The highest BCUT2D eigenvalue weighted by atomic mass is 31.2. The number of halogens is 1. The van der Waals surface area contributed by atoms with Crippen LogP contribution in [0.4, 0.5) is 4.39 Å². The van der Waals surface area contributed by atoms with E-state index in [1.807, 2.05) is 0 Å². The molecule has 0 saturated carbocycles. The average Bonchev–Trinajstić information content (AvgIpc) is 3.05. The Morgan fingerprint density at radius 3 is 2.10 bits per heavy atom. The van der Waals surface area contributed by atoms with E-state index < -0.39 is 70.8 Å². The normalized spacial score (nSPS) is 41.9. The summed E-state index contributed by atoms with van der Waals surface area (Å²) in [4.78, 5) is 19.5. The number of phosphoric ester groups is 2. The molecule has 0 bridgehead atoms. The number of hydrogen-bond donors (Lipinski definition) is 2. The Labute approximate surface area is 170 Å². The van der Waals surface area contributed by atoms with Crippen molar-refractivity contribution >= 4 is 31.3 Å². The van der Waals surface area contributed by atoms with Crippen LogP contribution >= 0.6 is 15.6 Å². The summed E-state index contributed by atoms with van der Waals surface area (Å²) in [6, 6.07) is -2.25. The molecule has 2 N–H and O–H groups in total. The van der Waals surface area contributed by atoms with Crippen molar-refractivity contribution in [1.29, 1.82) is 0 Å². The largest absolute Gasteiger partial charge is 0.472 e. The number of phosphoric acid groups is 2. The Hall–Kier alpha value is 0.160. The summed E-state index contributed by atoms with van der Waals surface area (Å²) in [5.41, 5.74) is 0. The second kappa shape index (κ2) is 10.2. The van der Waals surface area contributed by atoms with Gasteiger partial charge in [-0.1, -0.05) is 6.92 Å². The van der Waals surface area contributed by atoms with Gasteiger partial charge in [-0.3, -0.25) is 18.1 Å². The van der Waals surface area contributed by atoms with E-state index in [-0.39, 0.29) is 6.61 Å². The second-order valence-electron chi connectivity index (χ2n) is 6.59. The van der Waals surface area contributed by atoms with Gasteiger partial charge in [-0.25, -0.2) is 13.5 Å². The fraction of sp³-hybridized carbons (Fsp3) is 1.00. The Kier molecular flexibility index (Phi) is 8.93. The van der Waals surface area contributed by atoms with Crippen LogP contribution in [0.1, 0.15) is 6.92 Å². The lowest BCUT2D eigenvalue weighted by molar-refractivity contribution is -0.0335. The molecule has 4 radical (unpaired) electrons. The van der Waals surface area contributed by atoms with Gasteiger partial charge in [0, 0.05) is 26.1 Å². The molecule has 2 saturated heterocycles. The summed E-state index contributed by atoms with van der Waals surface area (Å²) >= 11 is 0. The molecule has 2 heterocycles. The highest BCUT2D eigenvalue weighted by Crippen LogP contribution is 2.50. The summed E-state index contributed by atoms with van der Waals surface area (Å²) in [7, 11) is 4.29. The maximum atomic E-state index is 14.2. The van der Waals surface area contributed by atoms with Crippen molar-refractivity contribution in [3.05, 3.63) is 0 Å². The highest BCUT2D eigenvalue weighted by molar-refractivity contribution is 7.47. The third kappa shape index (κ3) is 6.57. The summed E-state index contributed by atoms with van der Waals surface area (Å²) in [5.74, 6) is -0.569. The lowest BCUT2D eigenvalue weighted by atomic mass is 9.86. The van der Waals surface area contributed by atoms with Gasteiger partial charge in [0.15, 0.2) is 0 Å². The maximum absolute atomic E-state index is 14.2. The van der Waals surface area contributed by atoms with Crippen molar-refractivity contribution in [1.82, 2.24) is 0 Å². The monoisotopic (exact) mass is 458 g/mol. The molecule has 2 aliphatic rings. The number of rotatable bonds is 10. The zero-order chi connectivity index (χ0) is 22.0. The van der Waals surface area contributed by atoms with Crippen LogP contribution in [0.5, 0.6) is 0 Å². The van der Waals surface area contributed by atoms with Crippen LogP contribution in [0.2, 0.25) is 0 Å². The smallest absolute Gasteiger partial charge is 0.382 e. The second-order valence-corrected chi connectivity index (χ2v) is 9.51. The molecule has 0 amide bonds. The fourth-order valence-electron chi connectivity index (χ4n) is 2.95. The van der Waals surface area contributed by atoms with E-state index in [2.05, 4.69) is 4.52 Å². The Morgan fingerprint density at radius 2 is 1.52 bits per heavy atom. The van der Waals surface area contributed by atoms with Gasteiger partial charge in [0.05, 0.1) is 19.2 Å². The van der Waals surface area contributed by atoms with Crippen molar-refractivity contribution in [2.24, 2.45) is 5.92 Å². The predicted octanol–water partition coefficient (Wildman–Crippen LogP) is 0.0280. The quantitative estimate of drug-likeness (QED) is 0.339. The first-order valence-electron chi connectivity index (χ1n) is 8.58. The lowest BCUT2D eigenvalue weighted by Crippen LogP contribution is -2.35. The van der Waals surface area contributed by atoms with Gasteiger partial charge in [-0.2, -0.15) is 0 Å². The number of alkyl halides is 1. The van der Waals surface area contributed by atoms with Gasteiger partial charge in [-0.15, -0.1) is 0 Å². The Morgan fingerprint density at radius 1 is 0.966 bits per heavy atom. The van der Waals surface area contributed by atoms with Crippen molar-refractivity contribution in [3.63, 3.8) is 0 Å². The van der Waals surface area contributed by atoms with Crippen LogP contribution < -0.4 is 0 Å². The number of ether oxygens (including phenoxy) is 3. The van der Waals surface area contributed by atoms with Crippen molar-refractivity contribution in [2.45, 2.75) is 49.5 Å². The van der Waals surface area contributed by atoms with E-state index in [0.29, 0.717) is 0 Å². The van der Waals surface area contributed by atoms with E-state index in [4.69, 9.17) is 43.5 Å². The van der Waals surface area contributed by atoms with E-state index in [0.717, 1.165) is 7.11 Å². The first kappa shape index (κ1) is 25.4. The molecule has 0 aliphatic carbocycles. The van der Waals surface area contributed by atoms with E-state index in [1.54, 1.807) is 6.92 Å². The minimum atomic E-state index is -4.81. The van der Waals surface area contributed by atoms with Gasteiger partial charge in [0.2, 0.25) is 0 Å². The molecule has 0 spiro atoms. The minimum absolute atomic E-state index is 0.129. The lowest BCUT2D eigenvalue weighted by Gasteiger charge is -2.25. The van der Waals surface area contributed by atoms with Crippen LogP contribution in [0, 0.1) is 5.92 Å². The Bertz CT molecular complexity index is 646. The van der Waals surface area contributed by atoms with Crippen molar-refractivity contribution in [3.8, 4) is 0 Å². The Balaban J connectivity index is 2.00. The van der Waals surface area contributed by atoms with Crippen LogP contribution in [0.3, 0.4) is 0 Å². The SMILES string of the molecule is [B][C@@H]1O[C@H](COP(=O)(O)OC2[C@@H](COC)O[C@@H]([B])[C@H]2F)C(OP(=O)(O)OC)[C@@H]1C. The molecule has 10 atom stereocenters. The zero-order valence-electron chi connectivity index (χ0n) is 16.0. The summed E-state index contributed by atoms with van der Waals surface area (Å²) < 4.78 is 72.6. The van der Waals surface area contributed by atoms with E-state index in [9.17, 15) is 23.3 Å². The van der Waals surface area contributed by atoms with Gasteiger partial charge in [-0.05, 0) is 0 Å². The average molecular weight is 458 g/mol. The van der Waals surface area contributed by atoms with Gasteiger partial charge >= 0.3 is 15.6 Å². The van der Waals surface area contributed by atoms with Crippen molar-refractivity contribution < 1.29 is 55.6 Å². The minimum Gasteiger partial charge on any atom is -0.382 e. The topological polar surface area (TPSA) is 139 Å². The van der Waals surface area contributed by atoms with Gasteiger partial charge in [0.25, 0.3) is 0 Å². The molecule has 29 heavy (non-hydrogen) atoms. The number of methoxy groups -OCH3 is 1. The third-order valence-corrected chi connectivity index (χ3v) is 6.49. The molecule has 2 rings (SSSR count). The van der Waals surface area contributed by atoms with Crippen molar-refractivity contribution in [2.75, 3.05) is 27.4 Å². The summed E-state index contributed by atoms with van der Waals surface area (Å²) in [6.45, 7) is 0.849. The fourth-order valence-corrected chi connectivity index (χ4v) is 4.62. The molecule has 0 aromatic heterocycles. The first-order chi connectivity index (χ1) is 13.4. The molecule has 2 aliphatic heterocycles. The van der Waals surface area contributed by atoms with E-state index >= 15 is 0 Å². The summed E-state index contributed by atoms with van der Waals surface area (Å²) in [5, 5.41) is 0. The standard InChI is InChI=1S/C13H23B2FO11P2/c1-6-10(26-28(17,18)22-3)8(24-12(6)14)5-23-29(19,20)27-11-7(4-21-2)25-13(15)9(11)16/h6-13H,4-5H2,1-3H3,(H,17,18)(H,19,20)/t6-,7+,8+,9-,10?,11?,12+,13+/m0/s1. The molecule has 0 aromatic rings. The van der Waals surface area contributed by atoms with E-state index in [1.165, 1.54) is 7.11 Å². The molecular weight excluding hydrogens is 435 g/mol. The molecule has 164 valence electrons. The molecule has 4 unspecified atom stereocenters. The predicted molar refractivity (Wildman–Crippen MR) is 97.1 cm³/mol. The molecule has 0 aromatic carbocycles. The number of hydrogen-bond acceptors (Lipinski definition) is 9. The maximum Gasteiger partial charge on any atom is 0.472 e. The van der Waals surface area contributed by atoms with Crippen LogP contribution in [0.25, 0.3) is 0 Å². The molecule has 16 heteroatoms. The molecule has 2 fully saturated rings. The van der Waals surface area contributed by atoms with Crippen LogP contribution in [0.15, 0.2) is 0 Å². The van der Waals surface area contributed by atoms with Crippen LogP contribution in [-0.2, 0) is 41.4 Å². The van der Waals surface area contributed by atoms with Gasteiger partial charge in [0.1, 0.15) is 46.3 Å². The third-order valence-electron chi connectivity index (χ3n) is 4.53. The van der Waals surface area contributed by atoms with Gasteiger partial charge < -0.3 is 24.0 Å². The molecular formula is C13H23B2FO11P2. The first-order valence-corrected chi connectivity index (χ1v) is 11.6.